The van der Waals surface area contributed by atoms with Crippen molar-refractivity contribution in [3.8, 4) is 11.3 Å². The Kier molecular flexibility index (Phi) is 4.19. The summed E-state index contributed by atoms with van der Waals surface area (Å²) >= 11 is 1.51. The quantitative estimate of drug-likeness (QED) is 0.912. The number of nitrogens with zero attached hydrogens (tertiary/aromatic N) is 2. The van der Waals surface area contributed by atoms with E-state index in [1.165, 1.54) is 23.5 Å². The molecule has 1 saturated heterocycles. The van der Waals surface area contributed by atoms with Crippen LogP contribution in [-0.2, 0) is 0 Å². The summed E-state index contributed by atoms with van der Waals surface area (Å²) in [7, 11) is 0. The maximum absolute atomic E-state index is 12.9. The molecule has 2 atom stereocenters. The highest BCUT2D eigenvalue weighted by atomic mass is 32.1. The van der Waals surface area contributed by atoms with Crippen molar-refractivity contribution in [2.45, 2.75) is 12.5 Å². The molecule has 0 bridgehead atoms. The van der Waals surface area contributed by atoms with Gasteiger partial charge in [-0.25, -0.2) is 9.37 Å². The Morgan fingerprint density at radius 2 is 2.10 bits per heavy atom. The fourth-order valence-corrected chi connectivity index (χ4v) is 3.40. The number of β-amino-alcohol motifs (C(OH)–C–C–N with tert-alkyl or cyclic N) is 1. The average molecular weight is 308 g/mol. The largest absolute Gasteiger partial charge is 0.396 e. The van der Waals surface area contributed by atoms with Crippen LogP contribution in [0, 0.1) is 11.7 Å². The van der Waals surface area contributed by atoms with Gasteiger partial charge in [0.25, 0.3) is 0 Å². The minimum Gasteiger partial charge on any atom is -0.396 e. The topological polar surface area (TPSA) is 56.6 Å². The van der Waals surface area contributed by atoms with E-state index in [9.17, 15) is 14.6 Å². The number of aliphatic hydroxyl groups excluding tert-OH is 2. The molecule has 2 heterocycles. The Morgan fingerprint density at radius 3 is 2.76 bits per heavy atom. The minimum atomic E-state index is -0.526. The standard InChI is InChI=1S/C15H17FN2O2S/c16-12-3-1-10(2-4-12)13-9-21-15(17-13)18-6-5-11(8-19)14(20)7-18/h1-4,9,11,14,19-20H,5-8H2/t11-,14-/m0/s1. The lowest BCUT2D eigenvalue weighted by atomic mass is 9.95. The Bertz CT molecular complexity index is 602. The van der Waals surface area contributed by atoms with Gasteiger partial charge in [-0.05, 0) is 30.7 Å². The molecule has 1 aliphatic rings. The van der Waals surface area contributed by atoms with Crippen LogP contribution in [-0.4, -0.2) is 41.0 Å². The van der Waals surface area contributed by atoms with Crippen LogP contribution in [0.1, 0.15) is 6.42 Å². The maximum Gasteiger partial charge on any atom is 0.185 e. The van der Waals surface area contributed by atoms with E-state index < -0.39 is 6.10 Å². The van der Waals surface area contributed by atoms with Gasteiger partial charge in [-0.15, -0.1) is 11.3 Å². The lowest BCUT2D eigenvalue weighted by Gasteiger charge is -2.34. The van der Waals surface area contributed by atoms with Crippen molar-refractivity contribution in [2.75, 3.05) is 24.6 Å². The summed E-state index contributed by atoms with van der Waals surface area (Å²) in [6, 6.07) is 6.26. The number of halogens is 1. The Hall–Kier alpha value is -1.50. The smallest absolute Gasteiger partial charge is 0.185 e. The van der Waals surface area contributed by atoms with Gasteiger partial charge >= 0.3 is 0 Å². The predicted molar refractivity (Wildman–Crippen MR) is 80.9 cm³/mol. The van der Waals surface area contributed by atoms with Gasteiger partial charge in [0, 0.05) is 36.6 Å². The summed E-state index contributed by atoms with van der Waals surface area (Å²) in [6.45, 7) is 1.29. The van der Waals surface area contributed by atoms with Crippen molar-refractivity contribution in [1.29, 1.82) is 0 Å². The first-order chi connectivity index (χ1) is 10.2. The molecule has 0 spiro atoms. The van der Waals surface area contributed by atoms with Crippen LogP contribution in [0.4, 0.5) is 9.52 Å². The van der Waals surface area contributed by atoms with E-state index in [-0.39, 0.29) is 18.3 Å². The van der Waals surface area contributed by atoms with Crippen LogP contribution < -0.4 is 4.90 Å². The molecule has 6 heteroatoms. The van der Waals surface area contributed by atoms with Crippen LogP contribution in [0.5, 0.6) is 0 Å². The minimum absolute atomic E-state index is 0.0215. The fraction of sp³-hybridized carbons (Fsp3) is 0.400. The van der Waals surface area contributed by atoms with Gasteiger partial charge in [0.2, 0.25) is 0 Å². The summed E-state index contributed by atoms with van der Waals surface area (Å²) in [4.78, 5) is 6.60. The molecule has 1 aliphatic heterocycles. The van der Waals surface area contributed by atoms with E-state index >= 15 is 0 Å². The fourth-order valence-electron chi connectivity index (χ4n) is 2.53. The number of rotatable bonds is 3. The highest BCUT2D eigenvalue weighted by molar-refractivity contribution is 7.14. The second-order valence-electron chi connectivity index (χ2n) is 5.27. The molecule has 0 amide bonds. The van der Waals surface area contributed by atoms with Crippen LogP contribution in [0.2, 0.25) is 0 Å². The van der Waals surface area contributed by atoms with Gasteiger partial charge in [-0.1, -0.05) is 0 Å². The number of hydrogen-bond donors (Lipinski definition) is 2. The van der Waals surface area contributed by atoms with Crippen LogP contribution in [0.15, 0.2) is 29.6 Å². The van der Waals surface area contributed by atoms with E-state index in [0.29, 0.717) is 6.54 Å². The summed E-state index contributed by atoms with van der Waals surface area (Å²) in [6.07, 6.45) is 0.227. The third kappa shape index (κ3) is 3.07. The van der Waals surface area contributed by atoms with Gasteiger partial charge in [-0.3, -0.25) is 0 Å². The van der Waals surface area contributed by atoms with Crippen LogP contribution >= 0.6 is 11.3 Å². The molecule has 21 heavy (non-hydrogen) atoms. The van der Waals surface area contributed by atoms with E-state index in [2.05, 4.69) is 4.98 Å². The average Bonchev–Trinajstić information content (AvgIpc) is 2.98. The highest BCUT2D eigenvalue weighted by Crippen LogP contribution is 2.30. The maximum atomic E-state index is 12.9. The van der Waals surface area contributed by atoms with Crippen LogP contribution in [0.25, 0.3) is 11.3 Å². The Labute approximate surface area is 126 Å². The highest BCUT2D eigenvalue weighted by Gasteiger charge is 2.28. The molecule has 0 radical (unpaired) electrons. The third-order valence-corrected chi connectivity index (χ3v) is 4.76. The number of piperidine rings is 1. The number of benzene rings is 1. The molecule has 1 aromatic heterocycles. The van der Waals surface area contributed by atoms with E-state index in [4.69, 9.17) is 0 Å². The number of hydrogen-bond acceptors (Lipinski definition) is 5. The van der Waals surface area contributed by atoms with Crippen LogP contribution in [0.3, 0.4) is 0 Å². The molecule has 3 rings (SSSR count). The first-order valence-electron chi connectivity index (χ1n) is 6.92. The zero-order valence-electron chi connectivity index (χ0n) is 11.4. The molecule has 0 unspecified atom stereocenters. The molecule has 2 aromatic rings. The van der Waals surface area contributed by atoms with E-state index in [1.54, 1.807) is 12.1 Å². The molecular formula is C15H17FN2O2S. The van der Waals surface area contributed by atoms with Crippen molar-refractivity contribution < 1.29 is 14.6 Å². The molecule has 2 N–H and O–H groups in total. The van der Waals surface area contributed by atoms with Crippen molar-refractivity contribution in [3.05, 3.63) is 35.5 Å². The molecule has 112 valence electrons. The number of anilines is 1. The zero-order chi connectivity index (χ0) is 14.8. The van der Waals surface area contributed by atoms with Crippen molar-refractivity contribution >= 4 is 16.5 Å². The summed E-state index contributed by atoms with van der Waals surface area (Å²) in [5.41, 5.74) is 1.69. The Balaban J connectivity index is 1.75. The van der Waals surface area contributed by atoms with Crippen molar-refractivity contribution in [1.82, 2.24) is 4.98 Å². The molecule has 1 aromatic carbocycles. The number of thiazole rings is 1. The predicted octanol–water partition coefficient (Wildman–Crippen LogP) is 2.13. The first-order valence-corrected chi connectivity index (χ1v) is 7.80. The van der Waals surface area contributed by atoms with Gasteiger partial charge in [0.15, 0.2) is 5.13 Å². The zero-order valence-corrected chi connectivity index (χ0v) is 12.3. The monoisotopic (exact) mass is 308 g/mol. The second-order valence-corrected chi connectivity index (χ2v) is 6.10. The SMILES string of the molecule is OC[C@@H]1CCN(c2nc(-c3ccc(F)cc3)cs2)C[C@@H]1O. The molecule has 1 fully saturated rings. The molecular weight excluding hydrogens is 291 g/mol. The first kappa shape index (κ1) is 14.4. The van der Waals surface area contributed by atoms with E-state index in [1.807, 2.05) is 10.3 Å². The normalized spacial score (nSPS) is 22.5. The number of aliphatic hydroxyl groups is 2. The summed E-state index contributed by atoms with van der Waals surface area (Å²) < 4.78 is 12.9. The second kappa shape index (κ2) is 6.09. The molecule has 4 nitrogen and oxygen atoms in total. The lowest BCUT2D eigenvalue weighted by molar-refractivity contribution is 0.0548. The van der Waals surface area contributed by atoms with Gasteiger partial charge < -0.3 is 15.1 Å². The van der Waals surface area contributed by atoms with Gasteiger partial charge in [-0.2, -0.15) is 0 Å². The molecule has 0 saturated carbocycles. The summed E-state index contributed by atoms with van der Waals surface area (Å²) in [5.74, 6) is -0.304. The number of aromatic nitrogens is 1. The lowest BCUT2D eigenvalue weighted by Crippen LogP contribution is -2.45. The van der Waals surface area contributed by atoms with Gasteiger partial charge in [0.1, 0.15) is 5.82 Å². The third-order valence-electron chi connectivity index (χ3n) is 3.86. The van der Waals surface area contributed by atoms with Crippen molar-refractivity contribution in [3.63, 3.8) is 0 Å². The Morgan fingerprint density at radius 1 is 1.33 bits per heavy atom. The summed E-state index contributed by atoms with van der Waals surface area (Å²) in [5, 5.41) is 21.9. The molecule has 0 aliphatic carbocycles. The van der Waals surface area contributed by atoms with E-state index in [0.717, 1.165) is 29.4 Å². The van der Waals surface area contributed by atoms with Crippen molar-refractivity contribution in [2.24, 2.45) is 5.92 Å². The van der Waals surface area contributed by atoms with Gasteiger partial charge in [0.05, 0.1) is 11.8 Å².